The molecular weight excluding hydrogens is 360 g/mol. The number of nitrogens with zero attached hydrogens (tertiary/aromatic N) is 4. The zero-order valence-electron chi connectivity index (χ0n) is 13.9. The quantitative estimate of drug-likeness (QED) is 0.764. The summed E-state index contributed by atoms with van der Waals surface area (Å²) in [7, 11) is 0. The van der Waals surface area contributed by atoms with Gasteiger partial charge in [0.15, 0.2) is 10.1 Å². The van der Waals surface area contributed by atoms with Gasteiger partial charge in [-0.25, -0.2) is 4.98 Å². The summed E-state index contributed by atoms with van der Waals surface area (Å²) in [5.41, 5.74) is 0.753. The first kappa shape index (κ1) is 17.0. The standard InChI is InChI=1S/C17H21ClN4O2S/c18-16-14(22-9-11-25-17(22)19-16)3-4-15(23)21-7-5-20(6-8-21)12-13-2-1-10-24-13/h3-4,9,11,13H,1-2,5-8,10,12H2. The van der Waals surface area contributed by atoms with Crippen molar-refractivity contribution in [3.05, 3.63) is 28.5 Å². The molecule has 2 aliphatic rings. The second-order valence-electron chi connectivity index (χ2n) is 6.44. The van der Waals surface area contributed by atoms with Crippen LogP contribution in [-0.4, -0.2) is 70.5 Å². The number of rotatable bonds is 4. The van der Waals surface area contributed by atoms with Crippen LogP contribution in [-0.2, 0) is 9.53 Å². The third kappa shape index (κ3) is 3.74. The van der Waals surface area contributed by atoms with E-state index in [1.165, 1.54) is 17.8 Å². The molecule has 1 unspecified atom stereocenters. The Morgan fingerprint density at radius 1 is 1.40 bits per heavy atom. The lowest BCUT2D eigenvalue weighted by atomic mass is 10.2. The van der Waals surface area contributed by atoms with Crippen molar-refractivity contribution in [2.75, 3.05) is 39.3 Å². The first-order valence-corrected chi connectivity index (χ1v) is 9.88. The molecule has 6 nitrogen and oxygen atoms in total. The van der Waals surface area contributed by atoms with Crippen LogP contribution in [0.1, 0.15) is 18.5 Å². The Balaban J connectivity index is 1.33. The molecule has 4 rings (SSSR count). The van der Waals surface area contributed by atoms with Crippen molar-refractivity contribution in [3.63, 3.8) is 0 Å². The van der Waals surface area contributed by atoms with E-state index in [-0.39, 0.29) is 5.91 Å². The van der Waals surface area contributed by atoms with Gasteiger partial charge in [-0.15, -0.1) is 11.3 Å². The highest BCUT2D eigenvalue weighted by atomic mass is 35.5. The highest BCUT2D eigenvalue weighted by molar-refractivity contribution is 7.15. The molecule has 0 aliphatic carbocycles. The Morgan fingerprint density at radius 2 is 2.24 bits per heavy atom. The molecule has 0 spiro atoms. The van der Waals surface area contributed by atoms with Crippen molar-refractivity contribution in [1.82, 2.24) is 19.2 Å². The maximum Gasteiger partial charge on any atom is 0.246 e. The topological polar surface area (TPSA) is 50.1 Å². The van der Waals surface area contributed by atoms with E-state index in [2.05, 4.69) is 9.88 Å². The van der Waals surface area contributed by atoms with E-state index in [1.54, 1.807) is 12.2 Å². The van der Waals surface area contributed by atoms with Gasteiger partial charge in [0.2, 0.25) is 5.91 Å². The van der Waals surface area contributed by atoms with Crippen molar-refractivity contribution < 1.29 is 9.53 Å². The number of carbonyl (C=O) groups excluding carboxylic acids is 1. The second-order valence-corrected chi connectivity index (χ2v) is 7.67. The van der Waals surface area contributed by atoms with Crippen LogP contribution >= 0.6 is 22.9 Å². The monoisotopic (exact) mass is 380 g/mol. The Kier molecular flexibility index (Phi) is 5.08. The van der Waals surface area contributed by atoms with Gasteiger partial charge in [-0.05, 0) is 18.9 Å². The van der Waals surface area contributed by atoms with Crippen LogP contribution in [0.4, 0.5) is 0 Å². The van der Waals surface area contributed by atoms with E-state index in [1.807, 2.05) is 20.9 Å². The maximum atomic E-state index is 12.5. The largest absolute Gasteiger partial charge is 0.377 e. The van der Waals surface area contributed by atoms with Crippen molar-refractivity contribution in [2.24, 2.45) is 0 Å². The normalized spacial score (nSPS) is 22.4. The van der Waals surface area contributed by atoms with Crippen molar-refractivity contribution in [2.45, 2.75) is 18.9 Å². The molecular formula is C17H21ClN4O2S. The zero-order chi connectivity index (χ0) is 17.2. The minimum absolute atomic E-state index is 0.0259. The Bertz CT molecular complexity index is 773. The molecule has 25 heavy (non-hydrogen) atoms. The van der Waals surface area contributed by atoms with Gasteiger partial charge in [0.1, 0.15) is 0 Å². The molecule has 4 heterocycles. The van der Waals surface area contributed by atoms with Gasteiger partial charge < -0.3 is 9.64 Å². The molecule has 0 bridgehead atoms. The van der Waals surface area contributed by atoms with Gasteiger partial charge in [0, 0.05) is 57.0 Å². The molecule has 2 fully saturated rings. The highest BCUT2D eigenvalue weighted by Crippen LogP contribution is 2.22. The van der Waals surface area contributed by atoms with Gasteiger partial charge in [-0.3, -0.25) is 14.1 Å². The number of imidazole rings is 1. The van der Waals surface area contributed by atoms with Gasteiger partial charge in [-0.2, -0.15) is 0 Å². The maximum absolute atomic E-state index is 12.5. The molecule has 134 valence electrons. The van der Waals surface area contributed by atoms with Gasteiger partial charge in [0.25, 0.3) is 0 Å². The summed E-state index contributed by atoms with van der Waals surface area (Å²) in [6, 6.07) is 0. The lowest BCUT2D eigenvalue weighted by Gasteiger charge is -2.35. The molecule has 2 aliphatic heterocycles. The molecule has 1 amide bonds. The van der Waals surface area contributed by atoms with Crippen LogP contribution in [0.3, 0.4) is 0 Å². The molecule has 8 heteroatoms. The fourth-order valence-electron chi connectivity index (χ4n) is 3.41. The smallest absolute Gasteiger partial charge is 0.246 e. The van der Waals surface area contributed by atoms with Crippen LogP contribution in [0.2, 0.25) is 5.15 Å². The molecule has 0 saturated carbocycles. The molecule has 2 saturated heterocycles. The van der Waals surface area contributed by atoms with E-state index in [0.717, 1.165) is 56.4 Å². The third-order valence-corrected chi connectivity index (χ3v) is 5.84. The van der Waals surface area contributed by atoms with Crippen molar-refractivity contribution in [1.29, 1.82) is 0 Å². The van der Waals surface area contributed by atoms with Crippen LogP contribution < -0.4 is 0 Å². The van der Waals surface area contributed by atoms with E-state index in [0.29, 0.717) is 11.3 Å². The van der Waals surface area contributed by atoms with Gasteiger partial charge in [0.05, 0.1) is 11.8 Å². The van der Waals surface area contributed by atoms with E-state index < -0.39 is 0 Å². The molecule has 0 radical (unpaired) electrons. The average molecular weight is 381 g/mol. The van der Waals surface area contributed by atoms with E-state index in [9.17, 15) is 4.79 Å². The van der Waals surface area contributed by atoms with Gasteiger partial charge in [-0.1, -0.05) is 11.6 Å². The first-order chi connectivity index (χ1) is 12.2. The minimum Gasteiger partial charge on any atom is -0.377 e. The minimum atomic E-state index is 0.0259. The number of fused-ring (bicyclic) bond motifs is 1. The Morgan fingerprint density at radius 3 is 3.00 bits per heavy atom. The second kappa shape index (κ2) is 7.45. The SMILES string of the molecule is O=C(C=Cc1c(Cl)nc2sccn12)N1CCN(CC2CCCO2)CC1. The predicted octanol–water partition coefficient (Wildman–Crippen LogP) is 2.39. The van der Waals surface area contributed by atoms with E-state index in [4.69, 9.17) is 16.3 Å². The van der Waals surface area contributed by atoms with Gasteiger partial charge >= 0.3 is 0 Å². The summed E-state index contributed by atoms with van der Waals surface area (Å²) in [6.07, 6.45) is 7.97. The lowest BCUT2D eigenvalue weighted by Crippen LogP contribution is -2.50. The molecule has 2 aromatic heterocycles. The molecule has 2 aromatic rings. The van der Waals surface area contributed by atoms with Crippen LogP contribution in [0.25, 0.3) is 11.0 Å². The van der Waals surface area contributed by atoms with Crippen molar-refractivity contribution >= 4 is 39.9 Å². The summed E-state index contributed by atoms with van der Waals surface area (Å²) in [5, 5.41) is 2.38. The third-order valence-electron chi connectivity index (χ3n) is 4.81. The Labute approximate surface area is 155 Å². The van der Waals surface area contributed by atoms with E-state index >= 15 is 0 Å². The number of amides is 1. The fraction of sp³-hybridized carbons (Fsp3) is 0.529. The highest BCUT2D eigenvalue weighted by Gasteiger charge is 2.24. The molecule has 1 atom stereocenters. The zero-order valence-corrected chi connectivity index (χ0v) is 15.5. The summed E-state index contributed by atoms with van der Waals surface area (Å²) in [4.78, 5) is 21.8. The van der Waals surface area contributed by atoms with Crippen molar-refractivity contribution in [3.8, 4) is 0 Å². The van der Waals surface area contributed by atoms with Crippen LogP contribution in [0.15, 0.2) is 17.7 Å². The number of piperazine rings is 1. The summed E-state index contributed by atoms with van der Waals surface area (Å²) in [6.45, 7) is 5.19. The van der Waals surface area contributed by atoms with Crippen LogP contribution in [0.5, 0.6) is 0 Å². The number of aromatic nitrogens is 2. The predicted molar refractivity (Wildman–Crippen MR) is 99.1 cm³/mol. The number of ether oxygens (including phenoxy) is 1. The number of hydrogen-bond donors (Lipinski definition) is 0. The fourth-order valence-corrected chi connectivity index (χ4v) is 4.41. The molecule has 0 aromatic carbocycles. The summed E-state index contributed by atoms with van der Waals surface area (Å²) >= 11 is 7.68. The lowest BCUT2D eigenvalue weighted by molar-refractivity contribution is -0.127. The average Bonchev–Trinajstić information content (AvgIpc) is 3.32. The molecule has 0 N–H and O–H groups in total. The number of carbonyl (C=O) groups is 1. The summed E-state index contributed by atoms with van der Waals surface area (Å²) < 4.78 is 7.60. The number of halogens is 1. The Hall–Kier alpha value is -1.41. The number of hydrogen-bond acceptors (Lipinski definition) is 5. The number of thiazole rings is 1. The summed E-state index contributed by atoms with van der Waals surface area (Å²) in [5.74, 6) is 0.0259. The van der Waals surface area contributed by atoms with Crippen LogP contribution in [0, 0.1) is 0 Å². The first-order valence-electron chi connectivity index (χ1n) is 8.63.